The van der Waals surface area contributed by atoms with E-state index in [0.29, 0.717) is 6.54 Å². The van der Waals surface area contributed by atoms with E-state index in [9.17, 15) is 0 Å². The van der Waals surface area contributed by atoms with Crippen molar-refractivity contribution in [3.8, 4) is 5.75 Å². The van der Waals surface area contributed by atoms with E-state index < -0.39 is 0 Å². The summed E-state index contributed by atoms with van der Waals surface area (Å²) < 4.78 is 5.66. The van der Waals surface area contributed by atoms with Crippen molar-refractivity contribution in [2.75, 3.05) is 25.1 Å². The molecule has 0 spiro atoms. The van der Waals surface area contributed by atoms with Crippen LogP contribution in [0.4, 0.5) is 0 Å². The number of ether oxygens (including phenoxy) is 1. The quantitative estimate of drug-likeness (QED) is 0.388. The molecule has 130 valence electrons. The van der Waals surface area contributed by atoms with E-state index in [1.807, 2.05) is 37.7 Å². The number of nitrogens with zero attached hydrogens (tertiary/aromatic N) is 1. The van der Waals surface area contributed by atoms with E-state index in [1.54, 1.807) is 0 Å². The molecule has 4 nitrogen and oxygen atoms in total. The predicted octanol–water partition coefficient (Wildman–Crippen LogP) is 3.67. The summed E-state index contributed by atoms with van der Waals surface area (Å²) >= 11 is 1.90. The first-order chi connectivity index (χ1) is 11.2. The van der Waals surface area contributed by atoms with Gasteiger partial charge in [0, 0.05) is 13.1 Å². The van der Waals surface area contributed by atoms with Gasteiger partial charge in [0.25, 0.3) is 0 Å². The molecule has 1 aromatic carbocycles. The van der Waals surface area contributed by atoms with E-state index in [1.165, 1.54) is 24.2 Å². The van der Waals surface area contributed by atoms with Gasteiger partial charge in [0.15, 0.2) is 5.96 Å². The fourth-order valence-electron chi connectivity index (χ4n) is 2.04. The zero-order valence-electron chi connectivity index (χ0n) is 14.9. The molecule has 0 atom stereocenters. The first-order valence-electron chi connectivity index (χ1n) is 8.42. The maximum Gasteiger partial charge on any atom is 0.191 e. The van der Waals surface area contributed by atoms with Gasteiger partial charge in [0.1, 0.15) is 5.75 Å². The lowest BCUT2D eigenvalue weighted by molar-refractivity contribution is 0.242. The third-order valence-corrected chi connectivity index (χ3v) is 3.82. The van der Waals surface area contributed by atoms with Gasteiger partial charge in [-0.1, -0.05) is 12.1 Å². The van der Waals surface area contributed by atoms with Crippen molar-refractivity contribution < 1.29 is 4.74 Å². The number of thioether (sulfide) groups is 1. The van der Waals surface area contributed by atoms with Crippen molar-refractivity contribution in [3.05, 3.63) is 29.8 Å². The van der Waals surface area contributed by atoms with Crippen LogP contribution in [0.25, 0.3) is 0 Å². The third kappa shape index (κ3) is 9.39. The first-order valence-corrected chi connectivity index (χ1v) is 9.81. The number of hydrogen-bond acceptors (Lipinski definition) is 3. The molecule has 0 aliphatic heterocycles. The van der Waals surface area contributed by atoms with E-state index in [0.717, 1.165) is 24.8 Å². The summed E-state index contributed by atoms with van der Waals surface area (Å²) in [5.74, 6) is 3.02. The Hall–Kier alpha value is -1.36. The van der Waals surface area contributed by atoms with Gasteiger partial charge in [-0.15, -0.1) is 0 Å². The molecule has 0 saturated heterocycles. The Kier molecular flexibility index (Phi) is 10.4. The van der Waals surface area contributed by atoms with E-state index in [2.05, 4.69) is 40.9 Å². The molecule has 0 aliphatic carbocycles. The summed E-state index contributed by atoms with van der Waals surface area (Å²) in [6.45, 7) is 8.66. The van der Waals surface area contributed by atoms with E-state index >= 15 is 0 Å². The van der Waals surface area contributed by atoms with Crippen molar-refractivity contribution in [1.29, 1.82) is 0 Å². The number of rotatable bonds is 10. The normalized spacial score (nSPS) is 11.6. The summed E-state index contributed by atoms with van der Waals surface area (Å²) in [6.07, 6.45) is 4.77. The van der Waals surface area contributed by atoms with Crippen molar-refractivity contribution in [1.82, 2.24) is 10.6 Å². The minimum absolute atomic E-state index is 0.203. The lowest BCUT2D eigenvalue weighted by Crippen LogP contribution is -2.37. The summed E-state index contributed by atoms with van der Waals surface area (Å²) in [6, 6.07) is 8.16. The molecule has 0 radical (unpaired) electrons. The summed E-state index contributed by atoms with van der Waals surface area (Å²) in [4.78, 5) is 4.64. The van der Waals surface area contributed by atoms with Crippen LogP contribution in [0.5, 0.6) is 5.75 Å². The third-order valence-electron chi connectivity index (χ3n) is 3.13. The fourth-order valence-corrected chi connectivity index (χ4v) is 2.53. The van der Waals surface area contributed by atoms with Crippen LogP contribution in [0.15, 0.2) is 29.3 Å². The van der Waals surface area contributed by atoms with Crippen LogP contribution in [0.2, 0.25) is 0 Å². The number of benzene rings is 1. The standard InChI is InChI=1S/C18H31N3OS/c1-5-19-18(20-12-6-7-13-23-4)21-14-16-8-10-17(11-9-16)22-15(2)3/h8-11,15H,5-7,12-14H2,1-4H3,(H2,19,20,21). The highest BCUT2D eigenvalue weighted by atomic mass is 32.2. The Morgan fingerprint density at radius 2 is 1.91 bits per heavy atom. The molecule has 5 heteroatoms. The van der Waals surface area contributed by atoms with Gasteiger partial charge in [-0.25, -0.2) is 4.99 Å². The monoisotopic (exact) mass is 337 g/mol. The maximum absolute atomic E-state index is 5.66. The minimum atomic E-state index is 0.203. The maximum atomic E-state index is 5.66. The van der Waals surface area contributed by atoms with Gasteiger partial charge in [-0.05, 0) is 63.3 Å². The molecular weight excluding hydrogens is 306 g/mol. The zero-order valence-corrected chi connectivity index (χ0v) is 15.7. The van der Waals surface area contributed by atoms with Crippen LogP contribution in [0.3, 0.4) is 0 Å². The number of unbranched alkanes of at least 4 members (excludes halogenated alkanes) is 1. The van der Waals surface area contributed by atoms with Crippen LogP contribution >= 0.6 is 11.8 Å². The average Bonchev–Trinajstić information content (AvgIpc) is 2.53. The van der Waals surface area contributed by atoms with Crippen molar-refractivity contribution in [2.24, 2.45) is 4.99 Å². The molecule has 0 aromatic heterocycles. The lowest BCUT2D eigenvalue weighted by atomic mass is 10.2. The van der Waals surface area contributed by atoms with Gasteiger partial charge < -0.3 is 15.4 Å². The Morgan fingerprint density at radius 1 is 1.17 bits per heavy atom. The molecule has 0 aliphatic rings. The fraction of sp³-hybridized carbons (Fsp3) is 0.611. The minimum Gasteiger partial charge on any atom is -0.491 e. The molecule has 23 heavy (non-hydrogen) atoms. The van der Waals surface area contributed by atoms with Gasteiger partial charge in [-0.3, -0.25) is 0 Å². The second-order valence-electron chi connectivity index (χ2n) is 5.63. The van der Waals surface area contributed by atoms with E-state index in [-0.39, 0.29) is 6.10 Å². The highest BCUT2D eigenvalue weighted by Crippen LogP contribution is 2.14. The van der Waals surface area contributed by atoms with Gasteiger partial charge in [0.2, 0.25) is 0 Å². The second-order valence-corrected chi connectivity index (χ2v) is 6.62. The smallest absolute Gasteiger partial charge is 0.191 e. The number of aliphatic imine (C=N–C) groups is 1. The molecule has 0 heterocycles. The Labute approximate surface area is 145 Å². The molecule has 0 unspecified atom stereocenters. The van der Waals surface area contributed by atoms with Crippen LogP contribution in [-0.2, 0) is 6.54 Å². The molecule has 1 aromatic rings. The van der Waals surface area contributed by atoms with Crippen LogP contribution in [0, 0.1) is 0 Å². The van der Waals surface area contributed by atoms with Gasteiger partial charge >= 0.3 is 0 Å². The van der Waals surface area contributed by atoms with Gasteiger partial charge in [-0.2, -0.15) is 11.8 Å². The molecular formula is C18H31N3OS. The SMILES string of the molecule is CCNC(=NCc1ccc(OC(C)C)cc1)NCCCCSC. The van der Waals surface area contributed by atoms with Crippen LogP contribution in [0.1, 0.15) is 39.2 Å². The van der Waals surface area contributed by atoms with E-state index in [4.69, 9.17) is 4.74 Å². The van der Waals surface area contributed by atoms with Crippen LogP contribution in [-0.4, -0.2) is 37.2 Å². The Balaban J connectivity index is 2.45. The summed E-state index contributed by atoms with van der Waals surface area (Å²) in [5, 5.41) is 6.68. The summed E-state index contributed by atoms with van der Waals surface area (Å²) in [5.41, 5.74) is 1.18. The first kappa shape index (κ1) is 19.7. The molecule has 2 N–H and O–H groups in total. The molecule has 0 bridgehead atoms. The van der Waals surface area contributed by atoms with Gasteiger partial charge in [0.05, 0.1) is 12.6 Å². The Morgan fingerprint density at radius 3 is 2.52 bits per heavy atom. The van der Waals surface area contributed by atoms with Crippen LogP contribution < -0.4 is 15.4 Å². The second kappa shape index (κ2) is 12.1. The predicted molar refractivity (Wildman–Crippen MR) is 103 cm³/mol. The zero-order chi connectivity index (χ0) is 16.9. The molecule has 0 fully saturated rings. The lowest BCUT2D eigenvalue weighted by Gasteiger charge is -2.12. The molecule has 1 rings (SSSR count). The highest BCUT2D eigenvalue weighted by Gasteiger charge is 2.00. The highest BCUT2D eigenvalue weighted by molar-refractivity contribution is 7.98. The Bertz CT molecular complexity index is 446. The summed E-state index contributed by atoms with van der Waals surface area (Å²) in [7, 11) is 0. The van der Waals surface area contributed by atoms with Crippen molar-refractivity contribution >= 4 is 17.7 Å². The topological polar surface area (TPSA) is 45.7 Å². The number of guanidine groups is 1. The van der Waals surface area contributed by atoms with Crippen molar-refractivity contribution in [3.63, 3.8) is 0 Å². The molecule has 0 amide bonds. The number of nitrogens with one attached hydrogen (secondary N) is 2. The average molecular weight is 338 g/mol. The largest absolute Gasteiger partial charge is 0.491 e. The van der Waals surface area contributed by atoms with Crippen molar-refractivity contribution in [2.45, 2.75) is 46.3 Å². The molecule has 0 saturated carbocycles. The number of hydrogen-bond donors (Lipinski definition) is 2.